The van der Waals surface area contributed by atoms with E-state index < -0.39 is 6.10 Å². The van der Waals surface area contributed by atoms with Crippen molar-refractivity contribution in [1.82, 2.24) is 0 Å². The van der Waals surface area contributed by atoms with Crippen LogP contribution in [0.15, 0.2) is 78.9 Å². The Labute approximate surface area is 129 Å². The fourth-order valence-corrected chi connectivity index (χ4v) is 2.45. The topological polar surface area (TPSA) is 20.2 Å². The molecule has 0 saturated carbocycles. The normalized spacial score (nSPS) is 12.1. The lowest BCUT2D eigenvalue weighted by Crippen LogP contribution is -1.98. The Bertz CT molecular complexity index is 703. The van der Waals surface area contributed by atoms with Gasteiger partial charge >= 0.3 is 0 Å². The number of aliphatic hydroxyl groups excluding tert-OH is 1. The minimum atomic E-state index is -0.592. The van der Waals surface area contributed by atoms with Crippen molar-refractivity contribution in [2.45, 2.75) is 6.10 Å². The molecule has 0 heterocycles. The van der Waals surface area contributed by atoms with Crippen molar-refractivity contribution in [2.75, 3.05) is 0 Å². The van der Waals surface area contributed by atoms with E-state index in [0.29, 0.717) is 0 Å². The maximum atomic E-state index is 10.4. The van der Waals surface area contributed by atoms with Gasteiger partial charge in [-0.05, 0) is 34.4 Å². The van der Waals surface area contributed by atoms with Crippen molar-refractivity contribution in [3.63, 3.8) is 0 Å². The third kappa shape index (κ3) is 3.15. The Morgan fingerprint density at radius 2 is 1.10 bits per heavy atom. The molecule has 21 heavy (non-hydrogen) atoms. The Balaban J connectivity index is 1.85. The zero-order valence-electron chi connectivity index (χ0n) is 11.4. The van der Waals surface area contributed by atoms with E-state index in [2.05, 4.69) is 0 Å². The van der Waals surface area contributed by atoms with Gasteiger partial charge in [0.15, 0.2) is 0 Å². The zero-order valence-corrected chi connectivity index (χ0v) is 12.2. The van der Waals surface area contributed by atoms with Crippen molar-refractivity contribution < 1.29 is 5.11 Å². The summed E-state index contributed by atoms with van der Waals surface area (Å²) in [5, 5.41) is 11.1. The predicted octanol–water partition coefficient (Wildman–Crippen LogP) is 5.09. The summed E-state index contributed by atoms with van der Waals surface area (Å²) in [6.07, 6.45) is -0.592. The Kier molecular flexibility index (Phi) is 4.05. The van der Waals surface area contributed by atoms with E-state index in [0.717, 1.165) is 27.3 Å². The summed E-state index contributed by atoms with van der Waals surface area (Å²) in [5.74, 6) is 0. The highest BCUT2D eigenvalue weighted by atomic mass is 35.5. The van der Waals surface area contributed by atoms with Crippen molar-refractivity contribution in [1.29, 1.82) is 0 Å². The summed E-state index contributed by atoms with van der Waals surface area (Å²) in [6.45, 7) is 0. The van der Waals surface area contributed by atoms with Crippen molar-refractivity contribution in [3.05, 3.63) is 95.0 Å². The zero-order chi connectivity index (χ0) is 14.7. The molecule has 0 saturated heterocycles. The van der Waals surface area contributed by atoms with Crippen LogP contribution in [-0.4, -0.2) is 5.11 Å². The monoisotopic (exact) mass is 294 g/mol. The molecule has 1 nitrogen and oxygen atoms in total. The third-order valence-electron chi connectivity index (χ3n) is 3.52. The third-order valence-corrected chi connectivity index (χ3v) is 3.77. The number of aliphatic hydroxyl groups is 1. The van der Waals surface area contributed by atoms with Gasteiger partial charge in [0.05, 0.1) is 0 Å². The second kappa shape index (κ2) is 6.13. The van der Waals surface area contributed by atoms with Crippen LogP contribution in [0.4, 0.5) is 0 Å². The smallest absolute Gasteiger partial charge is 0.104 e. The van der Waals surface area contributed by atoms with Crippen LogP contribution >= 0.6 is 11.6 Å². The second-order valence-corrected chi connectivity index (χ2v) is 5.38. The molecule has 3 aromatic carbocycles. The molecular formula is C19H15ClO. The van der Waals surface area contributed by atoms with Crippen LogP contribution < -0.4 is 0 Å². The highest BCUT2D eigenvalue weighted by molar-refractivity contribution is 6.30. The van der Waals surface area contributed by atoms with Crippen LogP contribution in [0.25, 0.3) is 11.1 Å². The van der Waals surface area contributed by atoms with Crippen LogP contribution in [-0.2, 0) is 0 Å². The summed E-state index contributed by atoms with van der Waals surface area (Å²) in [4.78, 5) is 0. The molecule has 104 valence electrons. The quantitative estimate of drug-likeness (QED) is 0.713. The molecule has 0 amide bonds. The lowest BCUT2D eigenvalue weighted by atomic mass is 9.98. The fourth-order valence-electron chi connectivity index (χ4n) is 2.33. The van der Waals surface area contributed by atoms with E-state index in [1.807, 2.05) is 78.9 Å². The van der Waals surface area contributed by atoms with E-state index >= 15 is 0 Å². The summed E-state index contributed by atoms with van der Waals surface area (Å²) in [7, 11) is 0. The van der Waals surface area contributed by atoms with Gasteiger partial charge in [0.25, 0.3) is 0 Å². The number of rotatable bonds is 3. The van der Waals surface area contributed by atoms with Gasteiger partial charge in [0, 0.05) is 5.02 Å². The molecule has 2 heteroatoms. The van der Waals surface area contributed by atoms with Crippen LogP contribution in [0.5, 0.6) is 0 Å². The SMILES string of the molecule is OC(c1ccccc1)c1ccc(-c2ccc(Cl)cc2)cc1. The van der Waals surface area contributed by atoms with Crippen molar-refractivity contribution >= 4 is 11.6 Å². The van der Waals surface area contributed by atoms with Crippen molar-refractivity contribution in [3.8, 4) is 11.1 Å². The van der Waals surface area contributed by atoms with Gasteiger partial charge in [0.2, 0.25) is 0 Å². The lowest BCUT2D eigenvalue weighted by Gasteiger charge is -2.12. The molecule has 0 aliphatic rings. The summed E-state index contributed by atoms with van der Waals surface area (Å²) >= 11 is 5.90. The summed E-state index contributed by atoms with van der Waals surface area (Å²) in [5.41, 5.74) is 4.01. The van der Waals surface area contributed by atoms with Crippen molar-refractivity contribution in [2.24, 2.45) is 0 Å². The van der Waals surface area contributed by atoms with Gasteiger partial charge in [-0.1, -0.05) is 78.3 Å². The fraction of sp³-hybridized carbons (Fsp3) is 0.0526. The molecule has 0 bridgehead atoms. The Morgan fingerprint density at radius 1 is 0.619 bits per heavy atom. The van der Waals surface area contributed by atoms with E-state index in [1.54, 1.807) is 0 Å². The maximum absolute atomic E-state index is 10.4. The van der Waals surface area contributed by atoms with E-state index in [4.69, 9.17) is 11.6 Å². The van der Waals surface area contributed by atoms with E-state index in [1.165, 1.54) is 0 Å². The number of halogens is 1. The first-order chi connectivity index (χ1) is 10.2. The second-order valence-electron chi connectivity index (χ2n) is 4.94. The average molecular weight is 295 g/mol. The van der Waals surface area contributed by atoms with Gasteiger partial charge in [-0.25, -0.2) is 0 Å². The van der Waals surface area contributed by atoms with E-state index in [-0.39, 0.29) is 0 Å². The lowest BCUT2D eigenvalue weighted by molar-refractivity contribution is 0.220. The van der Waals surface area contributed by atoms with Gasteiger partial charge in [-0.2, -0.15) is 0 Å². The highest BCUT2D eigenvalue weighted by Crippen LogP contribution is 2.26. The molecule has 0 spiro atoms. The number of benzene rings is 3. The van der Waals surface area contributed by atoms with E-state index in [9.17, 15) is 5.11 Å². The van der Waals surface area contributed by atoms with Gasteiger partial charge in [0.1, 0.15) is 6.10 Å². The molecule has 0 aliphatic carbocycles. The van der Waals surface area contributed by atoms with Crippen LogP contribution in [0.2, 0.25) is 5.02 Å². The Hall–Kier alpha value is -2.09. The molecule has 0 aliphatic heterocycles. The molecule has 1 unspecified atom stereocenters. The molecule has 1 N–H and O–H groups in total. The van der Waals surface area contributed by atoms with Gasteiger partial charge < -0.3 is 5.11 Å². The van der Waals surface area contributed by atoms with Crippen LogP contribution in [0.1, 0.15) is 17.2 Å². The summed E-state index contributed by atoms with van der Waals surface area (Å²) < 4.78 is 0. The van der Waals surface area contributed by atoms with Crippen LogP contribution in [0, 0.1) is 0 Å². The van der Waals surface area contributed by atoms with Gasteiger partial charge in [-0.3, -0.25) is 0 Å². The number of hydrogen-bond donors (Lipinski definition) is 1. The number of hydrogen-bond acceptors (Lipinski definition) is 1. The first-order valence-corrected chi connectivity index (χ1v) is 7.21. The Morgan fingerprint density at radius 3 is 1.67 bits per heavy atom. The largest absolute Gasteiger partial charge is 0.384 e. The minimum absolute atomic E-state index is 0.592. The molecule has 3 rings (SSSR count). The highest BCUT2D eigenvalue weighted by Gasteiger charge is 2.09. The average Bonchev–Trinajstić information content (AvgIpc) is 2.56. The molecule has 0 radical (unpaired) electrons. The van der Waals surface area contributed by atoms with Gasteiger partial charge in [-0.15, -0.1) is 0 Å². The molecule has 0 fully saturated rings. The first kappa shape index (κ1) is 13.9. The first-order valence-electron chi connectivity index (χ1n) is 6.83. The van der Waals surface area contributed by atoms with Crippen LogP contribution in [0.3, 0.4) is 0 Å². The minimum Gasteiger partial charge on any atom is -0.384 e. The summed E-state index contributed by atoms with van der Waals surface area (Å²) in [6, 6.07) is 25.4. The molecule has 3 aromatic rings. The standard InChI is InChI=1S/C19H15ClO/c20-18-12-10-15(11-13-18)14-6-8-17(9-7-14)19(21)16-4-2-1-3-5-16/h1-13,19,21H. The molecule has 1 atom stereocenters. The predicted molar refractivity (Wildman–Crippen MR) is 87.4 cm³/mol. The maximum Gasteiger partial charge on any atom is 0.104 e. The molecule has 0 aromatic heterocycles. The molecular weight excluding hydrogens is 280 g/mol.